The van der Waals surface area contributed by atoms with Gasteiger partial charge in [0.1, 0.15) is 0 Å². The van der Waals surface area contributed by atoms with E-state index in [0.29, 0.717) is 5.54 Å². The molecule has 1 heterocycles. The Kier molecular flexibility index (Phi) is 1.71. The van der Waals surface area contributed by atoms with Gasteiger partial charge in [-0.2, -0.15) is 0 Å². The minimum Gasteiger partial charge on any atom is -0.654 e. The Bertz CT molecular complexity index is 135. The number of hydrogen-bond acceptors (Lipinski definition) is 0. The van der Waals surface area contributed by atoms with Crippen LogP contribution in [-0.2, 0) is 0 Å². The van der Waals surface area contributed by atoms with Crippen LogP contribution in [0.25, 0.3) is 5.32 Å². The van der Waals surface area contributed by atoms with E-state index in [1.54, 1.807) is 0 Å². The Morgan fingerprint density at radius 1 is 1.18 bits per heavy atom. The van der Waals surface area contributed by atoms with Crippen LogP contribution in [-0.4, -0.2) is 11.6 Å². The first-order chi connectivity index (χ1) is 5.17. The Labute approximate surface area is 69.6 Å². The maximum Gasteiger partial charge on any atom is -0.0519 e. The summed E-state index contributed by atoms with van der Waals surface area (Å²) >= 11 is 0. The second kappa shape index (κ2) is 2.48. The van der Waals surface area contributed by atoms with Gasteiger partial charge in [0.05, 0.1) is 0 Å². The summed E-state index contributed by atoms with van der Waals surface area (Å²) in [7, 11) is 0. The minimum atomic E-state index is 0.305. The highest BCUT2D eigenvalue weighted by Crippen LogP contribution is 2.46. The maximum absolute atomic E-state index is 4.84. The maximum atomic E-state index is 4.84. The van der Waals surface area contributed by atoms with Gasteiger partial charge in [-0.05, 0) is 0 Å². The lowest BCUT2D eigenvalue weighted by molar-refractivity contribution is 0.349. The lowest BCUT2D eigenvalue weighted by Crippen LogP contribution is -2.17. The molecule has 0 spiro atoms. The molecule has 0 amide bonds. The van der Waals surface area contributed by atoms with Crippen LogP contribution in [0.15, 0.2) is 0 Å². The molecule has 2 fully saturated rings. The zero-order chi connectivity index (χ0) is 7.90. The summed E-state index contributed by atoms with van der Waals surface area (Å²) in [5, 5.41) is 4.84. The van der Waals surface area contributed by atoms with Crippen molar-refractivity contribution in [2.45, 2.75) is 57.5 Å². The minimum absolute atomic E-state index is 0.305. The van der Waals surface area contributed by atoms with Crippen LogP contribution in [0.1, 0.15) is 46.0 Å². The molecule has 0 aromatic heterocycles. The Morgan fingerprint density at radius 3 is 2.64 bits per heavy atom. The van der Waals surface area contributed by atoms with Crippen molar-refractivity contribution < 1.29 is 0 Å². The van der Waals surface area contributed by atoms with Crippen LogP contribution in [0.2, 0.25) is 0 Å². The molecule has 1 aliphatic carbocycles. The molecular formula is C10H18N-. The van der Waals surface area contributed by atoms with Gasteiger partial charge in [-0.1, -0.05) is 51.9 Å². The van der Waals surface area contributed by atoms with Gasteiger partial charge in [0.2, 0.25) is 0 Å². The van der Waals surface area contributed by atoms with Gasteiger partial charge in [-0.15, -0.1) is 11.6 Å². The standard InChI is InChI=1S/C10H18N/c1-10(2)7-8-5-3-4-6-9(8)11-10/h8-9H,3-7H2,1-2H3/q-1. The van der Waals surface area contributed by atoms with E-state index in [2.05, 4.69) is 13.8 Å². The summed E-state index contributed by atoms with van der Waals surface area (Å²) in [6.07, 6.45) is 7.02. The predicted molar refractivity (Wildman–Crippen MR) is 47.8 cm³/mol. The van der Waals surface area contributed by atoms with E-state index in [-0.39, 0.29) is 0 Å². The van der Waals surface area contributed by atoms with E-state index in [0.717, 1.165) is 12.0 Å². The van der Waals surface area contributed by atoms with Crippen LogP contribution in [0.4, 0.5) is 0 Å². The summed E-state index contributed by atoms with van der Waals surface area (Å²) in [4.78, 5) is 0. The largest absolute Gasteiger partial charge is 0.654 e. The fourth-order valence-electron chi connectivity index (χ4n) is 2.74. The Morgan fingerprint density at radius 2 is 1.91 bits per heavy atom. The molecule has 0 N–H and O–H groups in total. The fourth-order valence-corrected chi connectivity index (χ4v) is 2.74. The summed E-state index contributed by atoms with van der Waals surface area (Å²) in [6, 6.07) is 0.735. The van der Waals surface area contributed by atoms with Gasteiger partial charge < -0.3 is 5.32 Å². The van der Waals surface area contributed by atoms with Crippen LogP contribution in [0.3, 0.4) is 0 Å². The third kappa shape index (κ3) is 1.44. The van der Waals surface area contributed by atoms with E-state index in [1.807, 2.05) is 0 Å². The smallest absolute Gasteiger partial charge is 0.0519 e. The molecule has 64 valence electrons. The first-order valence-corrected chi connectivity index (χ1v) is 4.89. The van der Waals surface area contributed by atoms with Crippen molar-refractivity contribution in [2.24, 2.45) is 5.92 Å². The average Bonchev–Trinajstić information content (AvgIpc) is 2.21. The zero-order valence-corrected chi connectivity index (χ0v) is 7.64. The zero-order valence-electron chi connectivity index (χ0n) is 7.64. The summed E-state index contributed by atoms with van der Waals surface area (Å²) in [6.45, 7) is 4.57. The van der Waals surface area contributed by atoms with Gasteiger partial charge in [0, 0.05) is 0 Å². The van der Waals surface area contributed by atoms with E-state index < -0.39 is 0 Å². The lowest BCUT2D eigenvalue weighted by atomic mass is 9.83. The number of fused-ring (bicyclic) bond motifs is 1. The van der Waals surface area contributed by atoms with Crippen LogP contribution >= 0.6 is 0 Å². The van der Waals surface area contributed by atoms with Gasteiger partial charge in [-0.25, -0.2) is 0 Å². The SMILES string of the molecule is CC1(C)CC2CCCCC2[N-]1. The second-order valence-electron chi connectivity index (χ2n) is 4.76. The van der Waals surface area contributed by atoms with Crippen molar-refractivity contribution in [3.8, 4) is 0 Å². The molecule has 2 unspecified atom stereocenters. The summed E-state index contributed by atoms with van der Waals surface area (Å²) in [5.41, 5.74) is 0.305. The van der Waals surface area contributed by atoms with Crippen LogP contribution in [0.5, 0.6) is 0 Å². The first-order valence-electron chi connectivity index (χ1n) is 4.89. The van der Waals surface area contributed by atoms with Crippen LogP contribution < -0.4 is 0 Å². The van der Waals surface area contributed by atoms with Crippen molar-refractivity contribution in [1.82, 2.24) is 0 Å². The molecule has 0 radical (unpaired) electrons. The fraction of sp³-hybridized carbons (Fsp3) is 1.00. The van der Waals surface area contributed by atoms with Gasteiger partial charge >= 0.3 is 0 Å². The summed E-state index contributed by atoms with van der Waals surface area (Å²) < 4.78 is 0. The number of hydrogen-bond donors (Lipinski definition) is 0. The molecule has 0 bridgehead atoms. The van der Waals surface area contributed by atoms with Gasteiger partial charge in [0.25, 0.3) is 0 Å². The molecule has 11 heavy (non-hydrogen) atoms. The molecular weight excluding hydrogens is 134 g/mol. The van der Waals surface area contributed by atoms with E-state index in [1.165, 1.54) is 32.1 Å². The molecule has 2 aliphatic rings. The monoisotopic (exact) mass is 152 g/mol. The molecule has 1 nitrogen and oxygen atoms in total. The molecule has 1 heteroatoms. The highest BCUT2D eigenvalue weighted by molar-refractivity contribution is 5.17. The Hall–Kier alpha value is -0.0400. The third-order valence-corrected chi connectivity index (χ3v) is 3.15. The molecule has 0 aromatic carbocycles. The quantitative estimate of drug-likeness (QED) is 0.506. The molecule has 0 aromatic rings. The van der Waals surface area contributed by atoms with E-state index in [9.17, 15) is 0 Å². The first kappa shape index (κ1) is 7.60. The predicted octanol–water partition coefficient (Wildman–Crippen LogP) is 3.10. The normalized spacial score (nSPS) is 42.0. The molecule has 1 saturated heterocycles. The van der Waals surface area contributed by atoms with Crippen molar-refractivity contribution >= 4 is 0 Å². The van der Waals surface area contributed by atoms with Crippen molar-refractivity contribution in [1.29, 1.82) is 0 Å². The summed E-state index contributed by atoms with van der Waals surface area (Å²) in [5.74, 6) is 0.943. The van der Waals surface area contributed by atoms with Crippen molar-refractivity contribution in [3.05, 3.63) is 5.32 Å². The van der Waals surface area contributed by atoms with E-state index >= 15 is 0 Å². The topological polar surface area (TPSA) is 14.1 Å². The number of rotatable bonds is 0. The second-order valence-corrected chi connectivity index (χ2v) is 4.76. The molecule has 2 atom stereocenters. The number of nitrogens with zero attached hydrogens (tertiary/aromatic N) is 1. The average molecular weight is 152 g/mol. The van der Waals surface area contributed by atoms with Crippen molar-refractivity contribution in [3.63, 3.8) is 0 Å². The Balaban J connectivity index is 2.03. The van der Waals surface area contributed by atoms with Gasteiger partial charge in [0.15, 0.2) is 0 Å². The molecule has 1 aliphatic heterocycles. The molecule has 2 rings (SSSR count). The third-order valence-electron chi connectivity index (χ3n) is 3.15. The molecule has 1 saturated carbocycles. The highest BCUT2D eigenvalue weighted by atomic mass is 15.0. The van der Waals surface area contributed by atoms with Crippen LogP contribution in [0, 0.1) is 5.92 Å². The highest BCUT2D eigenvalue weighted by Gasteiger charge is 2.29. The van der Waals surface area contributed by atoms with E-state index in [4.69, 9.17) is 5.32 Å². The lowest BCUT2D eigenvalue weighted by Gasteiger charge is -2.38. The van der Waals surface area contributed by atoms with Gasteiger partial charge in [-0.3, -0.25) is 0 Å². The van der Waals surface area contributed by atoms with Crippen molar-refractivity contribution in [2.75, 3.05) is 0 Å².